The predicted molar refractivity (Wildman–Crippen MR) is 112 cm³/mol. The molecule has 3 rings (SSSR count). The fourth-order valence-electron chi connectivity index (χ4n) is 2.86. The van der Waals surface area contributed by atoms with E-state index in [-0.39, 0.29) is 11.8 Å². The van der Waals surface area contributed by atoms with Crippen LogP contribution in [0.4, 0.5) is 36.3 Å². The molecule has 2 aromatic carbocycles. The Morgan fingerprint density at radius 3 is 2.13 bits per heavy atom. The van der Waals surface area contributed by atoms with Gasteiger partial charge >= 0.3 is 6.18 Å². The number of anilines is 4. The van der Waals surface area contributed by atoms with Crippen LogP contribution in [0, 0.1) is 0 Å². The number of hydrogen-bond donors (Lipinski definition) is 0. The zero-order valence-corrected chi connectivity index (χ0v) is 17.0. The Bertz CT molecular complexity index is 962. The molecule has 0 aliphatic carbocycles. The lowest BCUT2D eigenvalue weighted by Gasteiger charge is -2.25. The molecule has 0 aliphatic heterocycles. The highest BCUT2D eigenvalue weighted by Crippen LogP contribution is 2.38. The van der Waals surface area contributed by atoms with E-state index in [4.69, 9.17) is 4.74 Å². The van der Waals surface area contributed by atoms with Crippen LogP contribution in [-0.4, -0.2) is 30.7 Å². The molecule has 0 unspecified atom stereocenters. The molecular formula is C22H23F3N4O. The van der Waals surface area contributed by atoms with Crippen LogP contribution in [-0.2, 0) is 6.18 Å². The molecule has 8 heteroatoms. The molecule has 0 spiro atoms. The van der Waals surface area contributed by atoms with Gasteiger partial charge in [-0.25, -0.2) is 4.98 Å². The minimum Gasteiger partial charge on any atom is -0.494 e. The van der Waals surface area contributed by atoms with Gasteiger partial charge in [0.1, 0.15) is 11.3 Å². The van der Waals surface area contributed by atoms with Crippen molar-refractivity contribution in [3.63, 3.8) is 0 Å². The summed E-state index contributed by atoms with van der Waals surface area (Å²) in [6.45, 7) is 2.64. The van der Waals surface area contributed by atoms with Crippen molar-refractivity contribution in [1.29, 1.82) is 0 Å². The second-order valence-electron chi connectivity index (χ2n) is 6.70. The van der Waals surface area contributed by atoms with Crippen molar-refractivity contribution in [2.75, 3.05) is 30.5 Å². The molecule has 3 aromatic rings. The van der Waals surface area contributed by atoms with Gasteiger partial charge in [-0.05, 0) is 42.8 Å². The molecule has 0 saturated heterocycles. The van der Waals surface area contributed by atoms with E-state index in [9.17, 15) is 13.2 Å². The van der Waals surface area contributed by atoms with Crippen LogP contribution in [0.5, 0.6) is 5.75 Å². The SMILES string of the molecule is CCCOc1ccc(N(C)c2ncc(C(F)(F)F)c(N(C)c3ccccc3)n2)cc1. The van der Waals surface area contributed by atoms with E-state index in [2.05, 4.69) is 9.97 Å². The van der Waals surface area contributed by atoms with E-state index in [1.54, 1.807) is 49.3 Å². The van der Waals surface area contributed by atoms with Gasteiger partial charge in [-0.1, -0.05) is 25.1 Å². The van der Waals surface area contributed by atoms with E-state index >= 15 is 0 Å². The molecule has 0 bridgehead atoms. The van der Waals surface area contributed by atoms with Crippen molar-refractivity contribution in [1.82, 2.24) is 9.97 Å². The van der Waals surface area contributed by atoms with Crippen LogP contribution in [0.1, 0.15) is 18.9 Å². The summed E-state index contributed by atoms with van der Waals surface area (Å²) in [7, 11) is 3.26. The Kier molecular flexibility index (Phi) is 6.44. The van der Waals surface area contributed by atoms with Gasteiger partial charge in [-0.3, -0.25) is 0 Å². The summed E-state index contributed by atoms with van der Waals surface area (Å²) in [5, 5.41) is 0. The van der Waals surface area contributed by atoms with Crippen molar-refractivity contribution in [3.05, 3.63) is 66.4 Å². The fraction of sp³-hybridized carbons (Fsp3) is 0.273. The maximum Gasteiger partial charge on any atom is 0.421 e. The number of ether oxygens (including phenoxy) is 1. The molecule has 0 saturated carbocycles. The van der Waals surface area contributed by atoms with Gasteiger partial charge in [0.15, 0.2) is 5.82 Å². The summed E-state index contributed by atoms with van der Waals surface area (Å²) in [6.07, 6.45) is -2.85. The summed E-state index contributed by atoms with van der Waals surface area (Å²) in [6, 6.07) is 16.0. The van der Waals surface area contributed by atoms with Crippen molar-refractivity contribution in [3.8, 4) is 5.75 Å². The van der Waals surface area contributed by atoms with Crippen LogP contribution >= 0.6 is 0 Å². The average molecular weight is 416 g/mol. The topological polar surface area (TPSA) is 41.5 Å². The van der Waals surface area contributed by atoms with E-state index in [1.165, 1.54) is 4.90 Å². The molecule has 0 atom stereocenters. The third-order valence-corrected chi connectivity index (χ3v) is 4.52. The molecule has 0 amide bonds. The Labute approximate surface area is 173 Å². The average Bonchev–Trinajstić information content (AvgIpc) is 2.76. The van der Waals surface area contributed by atoms with Crippen molar-refractivity contribution in [2.45, 2.75) is 19.5 Å². The molecular weight excluding hydrogens is 393 g/mol. The van der Waals surface area contributed by atoms with Crippen molar-refractivity contribution in [2.24, 2.45) is 0 Å². The monoisotopic (exact) mass is 416 g/mol. The molecule has 30 heavy (non-hydrogen) atoms. The van der Waals surface area contributed by atoms with Crippen LogP contribution in [0.2, 0.25) is 0 Å². The first-order valence-corrected chi connectivity index (χ1v) is 9.51. The zero-order valence-electron chi connectivity index (χ0n) is 17.0. The van der Waals surface area contributed by atoms with Gasteiger partial charge in [-0.15, -0.1) is 0 Å². The number of aromatic nitrogens is 2. The van der Waals surface area contributed by atoms with Crippen LogP contribution in [0.25, 0.3) is 0 Å². The van der Waals surface area contributed by atoms with Crippen LogP contribution < -0.4 is 14.5 Å². The first-order valence-electron chi connectivity index (χ1n) is 9.51. The van der Waals surface area contributed by atoms with Gasteiger partial charge in [0.05, 0.1) is 6.61 Å². The normalized spacial score (nSPS) is 11.3. The maximum absolute atomic E-state index is 13.6. The number of alkyl halides is 3. The Hall–Kier alpha value is -3.29. The number of rotatable bonds is 7. The third-order valence-electron chi connectivity index (χ3n) is 4.52. The van der Waals surface area contributed by atoms with E-state index < -0.39 is 11.7 Å². The Morgan fingerprint density at radius 1 is 0.900 bits per heavy atom. The standard InChI is InChI=1S/C22H23F3N4O/c1-4-14-30-18-12-10-17(11-13-18)29(3)21-26-15-19(22(23,24)25)20(27-21)28(2)16-8-6-5-7-9-16/h5-13,15H,4,14H2,1-3H3. The van der Waals surface area contributed by atoms with Gasteiger partial charge < -0.3 is 14.5 Å². The summed E-state index contributed by atoms with van der Waals surface area (Å²) in [4.78, 5) is 11.3. The number of para-hydroxylation sites is 1. The van der Waals surface area contributed by atoms with Crippen molar-refractivity contribution < 1.29 is 17.9 Å². The molecule has 0 N–H and O–H groups in total. The molecule has 1 heterocycles. The zero-order chi connectivity index (χ0) is 21.7. The summed E-state index contributed by atoms with van der Waals surface area (Å²) in [5.74, 6) is 0.670. The number of benzene rings is 2. The van der Waals surface area contributed by atoms with Crippen LogP contribution in [0.3, 0.4) is 0 Å². The van der Waals surface area contributed by atoms with Crippen molar-refractivity contribution >= 4 is 23.1 Å². The second-order valence-corrected chi connectivity index (χ2v) is 6.70. The summed E-state index contributed by atoms with van der Waals surface area (Å²) < 4.78 is 46.3. The lowest BCUT2D eigenvalue weighted by molar-refractivity contribution is -0.137. The van der Waals surface area contributed by atoms with E-state index in [0.29, 0.717) is 12.3 Å². The molecule has 0 fully saturated rings. The third kappa shape index (κ3) is 4.82. The minimum atomic E-state index is -4.58. The number of nitrogens with zero attached hydrogens (tertiary/aromatic N) is 4. The van der Waals surface area contributed by atoms with Crippen LogP contribution in [0.15, 0.2) is 60.8 Å². The van der Waals surface area contributed by atoms with Gasteiger partial charge in [0, 0.05) is 31.7 Å². The Morgan fingerprint density at radius 2 is 1.53 bits per heavy atom. The fourth-order valence-corrected chi connectivity index (χ4v) is 2.86. The predicted octanol–water partition coefficient (Wildman–Crippen LogP) is 5.82. The first kappa shape index (κ1) is 21.4. The summed E-state index contributed by atoms with van der Waals surface area (Å²) >= 11 is 0. The summed E-state index contributed by atoms with van der Waals surface area (Å²) in [5.41, 5.74) is 0.425. The first-order chi connectivity index (χ1) is 14.3. The quantitative estimate of drug-likeness (QED) is 0.485. The minimum absolute atomic E-state index is 0.156. The smallest absolute Gasteiger partial charge is 0.421 e. The van der Waals surface area contributed by atoms with E-state index in [1.807, 2.05) is 31.2 Å². The lowest BCUT2D eigenvalue weighted by Crippen LogP contribution is -2.21. The second kappa shape index (κ2) is 9.02. The number of hydrogen-bond acceptors (Lipinski definition) is 5. The molecule has 5 nitrogen and oxygen atoms in total. The maximum atomic E-state index is 13.6. The highest BCUT2D eigenvalue weighted by atomic mass is 19.4. The van der Waals surface area contributed by atoms with Gasteiger partial charge in [-0.2, -0.15) is 18.2 Å². The lowest BCUT2D eigenvalue weighted by atomic mass is 10.2. The largest absolute Gasteiger partial charge is 0.494 e. The molecule has 158 valence electrons. The van der Waals surface area contributed by atoms with E-state index in [0.717, 1.165) is 24.1 Å². The highest BCUT2D eigenvalue weighted by molar-refractivity contribution is 5.65. The highest BCUT2D eigenvalue weighted by Gasteiger charge is 2.36. The van der Waals surface area contributed by atoms with Gasteiger partial charge in [0.2, 0.25) is 5.95 Å². The molecule has 1 aromatic heterocycles. The van der Waals surface area contributed by atoms with Gasteiger partial charge in [0.25, 0.3) is 0 Å². The number of halogens is 3. The molecule has 0 radical (unpaired) electrons. The molecule has 0 aliphatic rings. The Balaban J connectivity index is 1.96.